The molecule has 0 atom stereocenters. The number of hydrogen-bond acceptors (Lipinski definition) is 6. The summed E-state index contributed by atoms with van der Waals surface area (Å²) in [6.45, 7) is 5.01. The molecule has 0 fully saturated rings. The molecule has 0 aliphatic carbocycles. The van der Waals surface area contributed by atoms with Gasteiger partial charge in [-0.2, -0.15) is 0 Å². The Balaban J connectivity index is 2.46. The van der Waals surface area contributed by atoms with Gasteiger partial charge in [0.2, 0.25) is 11.5 Å². The van der Waals surface area contributed by atoms with E-state index in [4.69, 9.17) is 13.9 Å². The molecule has 0 saturated heterocycles. The lowest BCUT2D eigenvalue weighted by Crippen LogP contribution is -2.09. The van der Waals surface area contributed by atoms with Crippen LogP contribution in [0.15, 0.2) is 22.6 Å². The van der Waals surface area contributed by atoms with Crippen molar-refractivity contribution in [2.75, 3.05) is 14.2 Å². The second kappa shape index (κ2) is 4.64. The van der Waals surface area contributed by atoms with Crippen molar-refractivity contribution in [2.24, 2.45) is 0 Å². The van der Waals surface area contributed by atoms with Crippen molar-refractivity contribution in [2.45, 2.75) is 6.92 Å². The van der Waals surface area contributed by atoms with Gasteiger partial charge in [-0.15, -0.1) is 0 Å². The van der Waals surface area contributed by atoms with Gasteiger partial charge in [0.15, 0.2) is 11.2 Å². The van der Waals surface area contributed by atoms with Crippen LogP contribution in [0.5, 0.6) is 11.5 Å². The molecule has 2 rings (SSSR count). The summed E-state index contributed by atoms with van der Waals surface area (Å²) in [6, 6.07) is 1.44. The van der Waals surface area contributed by atoms with Gasteiger partial charge in [0, 0.05) is 11.6 Å². The zero-order valence-electron chi connectivity index (χ0n) is 10.7. The first-order valence-electron chi connectivity index (χ1n) is 5.38. The number of benzene rings is 1. The second-order valence-electron chi connectivity index (χ2n) is 3.88. The van der Waals surface area contributed by atoms with Crippen LogP contribution in [0.4, 0.5) is 0 Å². The molecule has 2 bridgehead atoms. The Morgan fingerprint density at radius 3 is 2.47 bits per heavy atom. The second-order valence-corrected chi connectivity index (χ2v) is 3.88. The largest absolute Gasteiger partial charge is 0.490 e. The topological polar surface area (TPSA) is 75.0 Å². The molecular weight excluding hydrogens is 252 g/mol. The number of fused-ring (bicyclic) bond motifs is 2. The molecule has 2 aromatic heterocycles. The zero-order valence-corrected chi connectivity index (χ0v) is 10.7. The molecule has 0 N–H and O–H groups in total. The smallest absolute Gasteiger partial charge is 0.341 e. The Bertz CT molecular complexity index is 651. The average Bonchev–Trinajstić information content (AvgIpc) is 2.95. The number of esters is 2. The minimum atomic E-state index is -0.596. The summed E-state index contributed by atoms with van der Waals surface area (Å²) in [6.07, 6.45) is 0. The molecule has 100 valence electrons. The van der Waals surface area contributed by atoms with Crippen LogP contribution in [-0.4, -0.2) is 26.2 Å². The van der Waals surface area contributed by atoms with Gasteiger partial charge in [0.05, 0.1) is 14.2 Å². The van der Waals surface area contributed by atoms with E-state index in [9.17, 15) is 9.59 Å². The zero-order chi connectivity index (χ0) is 14.2. The molecule has 19 heavy (non-hydrogen) atoms. The van der Waals surface area contributed by atoms with Gasteiger partial charge in [0.25, 0.3) is 0 Å². The Morgan fingerprint density at radius 2 is 1.95 bits per heavy atom. The molecule has 6 heteroatoms. The lowest BCUT2D eigenvalue weighted by atomic mass is 10.2. The quantitative estimate of drug-likeness (QED) is 0.478. The molecule has 0 saturated carbocycles. The van der Waals surface area contributed by atoms with E-state index in [-0.39, 0.29) is 33.8 Å². The normalized spacial score (nSPS) is 10.5. The van der Waals surface area contributed by atoms with E-state index in [1.165, 1.54) is 27.2 Å². The van der Waals surface area contributed by atoms with Crippen molar-refractivity contribution < 1.29 is 28.2 Å². The highest BCUT2D eigenvalue weighted by Crippen LogP contribution is 2.45. The van der Waals surface area contributed by atoms with Crippen molar-refractivity contribution >= 4 is 23.1 Å². The summed E-state index contributed by atoms with van der Waals surface area (Å²) in [7, 11) is 2.65. The van der Waals surface area contributed by atoms with Gasteiger partial charge in [-0.05, 0) is 6.92 Å². The van der Waals surface area contributed by atoms with Crippen LogP contribution in [0.2, 0.25) is 0 Å². The third kappa shape index (κ3) is 2.01. The molecule has 0 radical (unpaired) electrons. The van der Waals surface area contributed by atoms with Crippen molar-refractivity contribution in [3.63, 3.8) is 0 Å². The highest BCUT2D eigenvalue weighted by atomic mass is 16.6. The Labute approximate surface area is 108 Å². The van der Waals surface area contributed by atoms with Crippen LogP contribution in [0, 0.1) is 0 Å². The number of carbonyl (C=O) groups excluding carboxylic acids is 2. The van der Waals surface area contributed by atoms with Gasteiger partial charge in [-0.25, -0.2) is 9.59 Å². The lowest BCUT2D eigenvalue weighted by Gasteiger charge is -2.06. The van der Waals surface area contributed by atoms with Crippen LogP contribution in [0.25, 0.3) is 11.2 Å². The summed E-state index contributed by atoms with van der Waals surface area (Å²) in [4.78, 5) is 23.0. The summed E-state index contributed by atoms with van der Waals surface area (Å²) in [5.41, 5.74) is 0.897. The Hall–Kier alpha value is -2.50. The predicted molar refractivity (Wildman–Crippen MR) is 65.7 cm³/mol. The minimum absolute atomic E-state index is 0.137. The molecule has 2 heterocycles. The van der Waals surface area contributed by atoms with Gasteiger partial charge >= 0.3 is 11.9 Å². The first-order valence-corrected chi connectivity index (χ1v) is 5.38. The van der Waals surface area contributed by atoms with E-state index in [0.717, 1.165) is 0 Å². The summed E-state index contributed by atoms with van der Waals surface area (Å²) < 4.78 is 20.2. The molecular formula is C13H12O6. The average molecular weight is 264 g/mol. The number of methoxy groups -OCH3 is 2. The monoisotopic (exact) mass is 264 g/mol. The van der Waals surface area contributed by atoms with Crippen LogP contribution in [0.1, 0.15) is 17.3 Å². The molecule has 0 spiro atoms. The van der Waals surface area contributed by atoms with Crippen molar-refractivity contribution in [3.05, 3.63) is 23.8 Å². The fraction of sp³-hybridized carbons (Fsp3) is 0.231. The third-order valence-corrected chi connectivity index (χ3v) is 2.52. The minimum Gasteiger partial charge on any atom is -0.490 e. The Kier molecular flexibility index (Phi) is 3.16. The maximum atomic E-state index is 11.5. The van der Waals surface area contributed by atoms with Crippen LogP contribution in [0.3, 0.4) is 0 Å². The number of hydrogen-bond donors (Lipinski definition) is 0. The number of furan rings is 2. The standard InChI is InChI=1S/C13H12O6/c1-6(2)12(14)19-10-8-5-7(13(15)17-4)9(18-8)11(10)16-3/h5H,1H2,2-4H3. The van der Waals surface area contributed by atoms with E-state index >= 15 is 0 Å². The fourth-order valence-corrected chi connectivity index (χ4v) is 1.61. The maximum absolute atomic E-state index is 11.5. The molecule has 0 aliphatic heterocycles. The highest BCUT2D eigenvalue weighted by Gasteiger charge is 2.29. The number of carbonyl (C=O) groups is 2. The van der Waals surface area contributed by atoms with E-state index in [1.807, 2.05) is 0 Å². The van der Waals surface area contributed by atoms with Crippen molar-refractivity contribution in [1.29, 1.82) is 0 Å². The summed E-state index contributed by atoms with van der Waals surface area (Å²) >= 11 is 0. The lowest BCUT2D eigenvalue weighted by molar-refractivity contribution is -0.130. The van der Waals surface area contributed by atoms with Crippen molar-refractivity contribution in [1.82, 2.24) is 0 Å². The molecule has 0 aromatic carbocycles. The van der Waals surface area contributed by atoms with Gasteiger partial charge in [0.1, 0.15) is 5.56 Å². The third-order valence-electron chi connectivity index (χ3n) is 2.52. The fourth-order valence-electron chi connectivity index (χ4n) is 1.61. The number of rotatable bonds is 4. The Morgan fingerprint density at radius 1 is 1.26 bits per heavy atom. The van der Waals surface area contributed by atoms with E-state index in [0.29, 0.717) is 0 Å². The predicted octanol–water partition coefficient (Wildman–Crippen LogP) is 2.15. The molecule has 0 unspecified atom stereocenters. The summed E-state index contributed by atoms with van der Waals surface area (Å²) in [5, 5.41) is 0. The van der Waals surface area contributed by atoms with Gasteiger partial charge in [-0.1, -0.05) is 6.58 Å². The van der Waals surface area contributed by atoms with E-state index in [2.05, 4.69) is 11.3 Å². The molecule has 2 aromatic rings. The first-order chi connectivity index (χ1) is 8.99. The molecule has 0 amide bonds. The van der Waals surface area contributed by atoms with Crippen LogP contribution < -0.4 is 9.47 Å². The first kappa shape index (κ1) is 12.9. The highest BCUT2D eigenvalue weighted by molar-refractivity contribution is 6.04. The maximum Gasteiger partial charge on any atom is 0.341 e. The molecule has 0 aliphatic rings. The van der Waals surface area contributed by atoms with E-state index in [1.54, 1.807) is 0 Å². The van der Waals surface area contributed by atoms with E-state index < -0.39 is 11.9 Å². The SMILES string of the molecule is C=C(C)C(=O)Oc1c(OC)c2oc1cc2C(=O)OC. The van der Waals surface area contributed by atoms with Crippen LogP contribution >= 0.6 is 0 Å². The number of ether oxygens (including phenoxy) is 3. The van der Waals surface area contributed by atoms with Gasteiger partial charge in [-0.3, -0.25) is 0 Å². The summed E-state index contributed by atoms with van der Waals surface area (Å²) in [5.74, 6) is -0.822. The molecule has 6 nitrogen and oxygen atoms in total. The van der Waals surface area contributed by atoms with Crippen molar-refractivity contribution in [3.8, 4) is 11.5 Å². The van der Waals surface area contributed by atoms with Gasteiger partial charge < -0.3 is 18.6 Å². The van der Waals surface area contributed by atoms with Crippen LogP contribution in [-0.2, 0) is 9.53 Å².